The Hall–Kier alpha value is -7.26. The quantitative estimate of drug-likeness (QED) is 0.162. The molecular formula is C58H36OS. The molecule has 0 unspecified atom stereocenters. The van der Waals surface area contributed by atoms with Crippen molar-refractivity contribution < 1.29 is 4.42 Å². The van der Waals surface area contributed by atoms with E-state index < -0.39 is 0 Å². The van der Waals surface area contributed by atoms with Crippen LogP contribution in [0.15, 0.2) is 192 Å². The van der Waals surface area contributed by atoms with Gasteiger partial charge in [0.05, 0.1) is 0 Å². The molecule has 280 valence electrons. The van der Waals surface area contributed by atoms with E-state index in [-0.39, 0.29) is 0 Å². The summed E-state index contributed by atoms with van der Waals surface area (Å²) in [6.07, 6.45) is 6.87. The van der Waals surface area contributed by atoms with Gasteiger partial charge in [0.15, 0.2) is 0 Å². The van der Waals surface area contributed by atoms with E-state index in [1.807, 2.05) is 11.3 Å². The minimum Gasteiger partial charge on any atom is -0.455 e. The number of rotatable bonds is 4. The summed E-state index contributed by atoms with van der Waals surface area (Å²) in [7, 11) is 0. The molecule has 2 aromatic heterocycles. The number of furan rings is 1. The van der Waals surface area contributed by atoms with Gasteiger partial charge in [0.2, 0.25) is 0 Å². The van der Waals surface area contributed by atoms with Crippen LogP contribution < -0.4 is 0 Å². The molecule has 0 saturated carbocycles. The molecule has 0 fully saturated rings. The van der Waals surface area contributed by atoms with Crippen molar-refractivity contribution in [2.24, 2.45) is 0 Å². The number of allylic oxidation sites excluding steroid dienone is 1. The fraction of sp³-hybridized carbons (Fsp3) is 0.0345. The Morgan fingerprint density at radius 2 is 0.917 bits per heavy atom. The SMILES string of the molecule is C1=Cc2sc3cc(-c4c5ccccc5c(-c5cccc6oc7c(-c8c9ccccc9c(-c9ccccc9)c9ccccc89)cccc7c56)c5ccccc45)ccc3c2CC1. The first-order chi connectivity index (χ1) is 29.8. The first kappa shape index (κ1) is 33.7. The van der Waals surface area contributed by atoms with E-state index in [4.69, 9.17) is 4.42 Å². The summed E-state index contributed by atoms with van der Waals surface area (Å²) < 4.78 is 8.46. The monoisotopic (exact) mass is 780 g/mol. The second-order valence-corrected chi connectivity index (χ2v) is 17.2. The van der Waals surface area contributed by atoms with E-state index in [1.54, 1.807) is 0 Å². The fourth-order valence-corrected chi connectivity index (χ4v) is 11.7. The van der Waals surface area contributed by atoms with Crippen LogP contribution in [0.4, 0.5) is 0 Å². The van der Waals surface area contributed by atoms with E-state index in [0.29, 0.717) is 0 Å². The Morgan fingerprint density at radius 3 is 1.55 bits per heavy atom. The van der Waals surface area contributed by atoms with Gasteiger partial charge < -0.3 is 4.42 Å². The van der Waals surface area contributed by atoms with Crippen LogP contribution in [-0.4, -0.2) is 0 Å². The minimum atomic E-state index is 0.892. The fourth-order valence-electron chi connectivity index (χ4n) is 10.5. The lowest BCUT2D eigenvalue weighted by atomic mass is 9.84. The normalized spacial score (nSPS) is 12.8. The number of thiophene rings is 1. The lowest BCUT2D eigenvalue weighted by molar-refractivity contribution is 0.670. The number of hydrogen-bond acceptors (Lipinski definition) is 2. The van der Waals surface area contributed by atoms with Crippen LogP contribution in [0.25, 0.3) is 126 Å². The van der Waals surface area contributed by atoms with Crippen LogP contribution in [-0.2, 0) is 6.42 Å². The zero-order chi connectivity index (χ0) is 39.3. The molecule has 10 aromatic carbocycles. The van der Waals surface area contributed by atoms with Crippen molar-refractivity contribution in [3.05, 3.63) is 199 Å². The maximum absolute atomic E-state index is 7.10. The Kier molecular flexibility index (Phi) is 7.37. The summed E-state index contributed by atoms with van der Waals surface area (Å²) in [5, 5.41) is 13.6. The van der Waals surface area contributed by atoms with E-state index in [9.17, 15) is 0 Å². The second-order valence-electron chi connectivity index (χ2n) is 16.1. The van der Waals surface area contributed by atoms with Crippen LogP contribution in [0.2, 0.25) is 0 Å². The first-order valence-electron chi connectivity index (χ1n) is 20.9. The molecule has 0 radical (unpaired) electrons. The highest BCUT2D eigenvalue weighted by atomic mass is 32.1. The number of para-hydroxylation sites is 1. The number of benzene rings is 10. The Morgan fingerprint density at radius 1 is 0.400 bits per heavy atom. The maximum atomic E-state index is 7.10. The van der Waals surface area contributed by atoms with Gasteiger partial charge in [0.1, 0.15) is 11.2 Å². The average molecular weight is 781 g/mol. The number of aryl methyl sites for hydroxylation is 1. The smallest absolute Gasteiger partial charge is 0.143 e. The van der Waals surface area contributed by atoms with Crippen LogP contribution in [0.3, 0.4) is 0 Å². The van der Waals surface area contributed by atoms with Crippen LogP contribution in [0, 0.1) is 0 Å². The van der Waals surface area contributed by atoms with E-state index in [0.717, 1.165) is 40.3 Å². The Balaban J connectivity index is 1.08. The summed E-state index contributed by atoms with van der Waals surface area (Å²) in [5.41, 5.74) is 13.1. The average Bonchev–Trinajstić information content (AvgIpc) is 3.89. The van der Waals surface area contributed by atoms with Crippen LogP contribution in [0.1, 0.15) is 16.9 Å². The molecule has 60 heavy (non-hydrogen) atoms. The van der Waals surface area contributed by atoms with Crippen LogP contribution >= 0.6 is 11.3 Å². The highest BCUT2D eigenvalue weighted by Crippen LogP contribution is 2.50. The van der Waals surface area contributed by atoms with Crippen molar-refractivity contribution in [1.82, 2.24) is 0 Å². The number of fused-ring (bicyclic) bond motifs is 10. The van der Waals surface area contributed by atoms with E-state index in [1.165, 1.54) is 103 Å². The molecule has 0 aliphatic heterocycles. The van der Waals surface area contributed by atoms with Crippen molar-refractivity contribution in [1.29, 1.82) is 0 Å². The molecule has 1 aliphatic carbocycles. The van der Waals surface area contributed by atoms with E-state index in [2.05, 4.69) is 194 Å². The Labute approximate surface area is 351 Å². The molecule has 2 heteroatoms. The summed E-state index contributed by atoms with van der Waals surface area (Å²) in [6, 6.07) is 67.0. The predicted octanol–water partition coefficient (Wildman–Crippen LogP) is 17.0. The van der Waals surface area contributed by atoms with Gasteiger partial charge in [-0.05, 0) is 118 Å². The van der Waals surface area contributed by atoms with Gasteiger partial charge in [-0.15, -0.1) is 11.3 Å². The highest BCUT2D eigenvalue weighted by Gasteiger charge is 2.24. The Bertz CT molecular complexity index is 3650. The topological polar surface area (TPSA) is 13.1 Å². The van der Waals surface area contributed by atoms with Crippen molar-refractivity contribution in [2.45, 2.75) is 12.8 Å². The van der Waals surface area contributed by atoms with Crippen molar-refractivity contribution in [3.63, 3.8) is 0 Å². The molecule has 0 atom stereocenters. The summed E-state index contributed by atoms with van der Waals surface area (Å²) >= 11 is 1.93. The molecule has 0 amide bonds. The largest absolute Gasteiger partial charge is 0.455 e. The van der Waals surface area contributed by atoms with Gasteiger partial charge in [-0.1, -0.05) is 176 Å². The molecule has 0 N–H and O–H groups in total. The molecule has 1 aliphatic rings. The van der Waals surface area contributed by atoms with Gasteiger partial charge in [-0.2, -0.15) is 0 Å². The van der Waals surface area contributed by atoms with Crippen molar-refractivity contribution in [3.8, 4) is 44.5 Å². The standard InChI is InChI=1S/C58H36OS/c1-2-16-35(17-3-1)53-39-19-4-10-25-45(39)56(46-26-11-5-20-40(46)53)48-28-14-29-49-57-47(27-15-30-50(57)59-58(48)49)55-43-23-8-6-21-41(43)54(42-22-7-9-24-44(42)55)36-32-33-38-37-18-12-13-31-51(37)60-52(38)34-36/h1-11,13-17,19-34H,12,18H2. The molecule has 0 bridgehead atoms. The van der Waals surface area contributed by atoms with E-state index >= 15 is 0 Å². The zero-order valence-electron chi connectivity index (χ0n) is 32.7. The predicted molar refractivity (Wildman–Crippen MR) is 258 cm³/mol. The molecule has 13 rings (SSSR count). The maximum Gasteiger partial charge on any atom is 0.143 e. The first-order valence-corrected chi connectivity index (χ1v) is 21.7. The molecule has 0 spiro atoms. The third-order valence-corrected chi connectivity index (χ3v) is 14.1. The number of hydrogen-bond donors (Lipinski definition) is 0. The van der Waals surface area contributed by atoms with Gasteiger partial charge in [-0.3, -0.25) is 0 Å². The minimum absolute atomic E-state index is 0.892. The molecule has 12 aromatic rings. The van der Waals surface area contributed by atoms with Gasteiger partial charge in [0, 0.05) is 31.5 Å². The van der Waals surface area contributed by atoms with Gasteiger partial charge in [0.25, 0.3) is 0 Å². The lowest BCUT2D eigenvalue weighted by Gasteiger charge is -2.18. The molecule has 2 heterocycles. The second kappa shape index (κ2) is 13.1. The zero-order valence-corrected chi connectivity index (χ0v) is 33.5. The summed E-state index contributed by atoms with van der Waals surface area (Å²) in [4.78, 5) is 1.41. The van der Waals surface area contributed by atoms with Crippen LogP contribution in [0.5, 0.6) is 0 Å². The van der Waals surface area contributed by atoms with Crippen molar-refractivity contribution in [2.75, 3.05) is 0 Å². The summed E-state index contributed by atoms with van der Waals surface area (Å²) in [5.74, 6) is 0. The van der Waals surface area contributed by atoms with Gasteiger partial charge in [-0.25, -0.2) is 0 Å². The molecule has 1 nitrogen and oxygen atoms in total. The highest BCUT2D eigenvalue weighted by molar-refractivity contribution is 7.20. The summed E-state index contributed by atoms with van der Waals surface area (Å²) in [6.45, 7) is 0. The third kappa shape index (κ3) is 4.86. The molecular weight excluding hydrogens is 745 g/mol. The van der Waals surface area contributed by atoms with Gasteiger partial charge >= 0.3 is 0 Å². The molecule has 0 saturated heterocycles. The third-order valence-electron chi connectivity index (χ3n) is 12.9. The van der Waals surface area contributed by atoms with Crippen molar-refractivity contribution >= 4 is 92.5 Å². The lowest BCUT2D eigenvalue weighted by Crippen LogP contribution is -1.92.